The predicted molar refractivity (Wildman–Crippen MR) is 67.8 cm³/mol. The molecule has 0 aliphatic heterocycles. The van der Waals surface area contributed by atoms with E-state index in [9.17, 15) is 0 Å². The number of aryl methyl sites for hydroxylation is 1. The van der Waals surface area contributed by atoms with Crippen LogP contribution >= 0.6 is 0 Å². The molecule has 1 heterocycles. The summed E-state index contributed by atoms with van der Waals surface area (Å²) >= 11 is 0. The van der Waals surface area contributed by atoms with E-state index < -0.39 is 0 Å². The van der Waals surface area contributed by atoms with Gasteiger partial charge in [-0.25, -0.2) is 4.98 Å². The van der Waals surface area contributed by atoms with Crippen LogP contribution in [-0.2, 0) is 0 Å². The van der Waals surface area contributed by atoms with Gasteiger partial charge in [0.1, 0.15) is 5.76 Å². The van der Waals surface area contributed by atoms with Gasteiger partial charge in [0.15, 0.2) is 0 Å². The van der Waals surface area contributed by atoms with Crippen molar-refractivity contribution in [2.24, 2.45) is 5.41 Å². The van der Waals surface area contributed by atoms with E-state index in [1.165, 1.54) is 12.0 Å². The first-order valence-electron chi connectivity index (χ1n) is 6.09. The summed E-state index contributed by atoms with van der Waals surface area (Å²) in [5, 5.41) is 0. The Kier molecular flexibility index (Phi) is 2.15. The molecule has 1 aromatic carbocycles. The Balaban J connectivity index is 1.88. The minimum absolute atomic E-state index is 0.393. The van der Waals surface area contributed by atoms with E-state index in [1.54, 1.807) is 0 Å². The van der Waals surface area contributed by atoms with Crippen LogP contribution in [0.15, 0.2) is 34.9 Å². The van der Waals surface area contributed by atoms with Gasteiger partial charge in [-0.2, -0.15) is 0 Å². The lowest BCUT2D eigenvalue weighted by atomic mass is 10.1. The molecule has 1 aliphatic rings. The van der Waals surface area contributed by atoms with Crippen molar-refractivity contribution in [3.8, 4) is 11.5 Å². The Morgan fingerprint density at radius 3 is 2.47 bits per heavy atom. The summed E-state index contributed by atoms with van der Waals surface area (Å²) < 4.78 is 5.86. The number of nitrogens with zero attached hydrogens (tertiary/aromatic N) is 1. The van der Waals surface area contributed by atoms with E-state index in [0.29, 0.717) is 11.3 Å². The highest BCUT2D eigenvalue weighted by Crippen LogP contribution is 2.58. The molecule has 88 valence electrons. The molecule has 0 amide bonds. The van der Waals surface area contributed by atoms with Gasteiger partial charge in [0.2, 0.25) is 5.89 Å². The molecule has 2 aromatic rings. The van der Waals surface area contributed by atoms with Crippen molar-refractivity contribution in [1.29, 1.82) is 0 Å². The van der Waals surface area contributed by atoms with Crippen LogP contribution in [0.2, 0.25) is 0 Å². The molecule has 2 heteroatoms. The monoisotopic (exact) mass is 227 g/mol. The first-order chi connectivity index (χ1) is 8.06. The molecular formula is C15H17NO. The van der Waals surface area contributed by atoms with Crippen LogP contribution in [0.25, 0.3) is 11.5 Å². The van der Waals surface area contributed by atoms with Gasteiger partial charge in [-0.1, -0.05) is 31.5 Å². The zero-order chi connectivity index (χ0) is 12.0. The molecule has 1 aliphatic carbocycles. The van der Waals surface area contributed by atoms with Gasteiger partial charge in [0.25, 0.3) is 0 Å². The van der Waals surface area contributed by atoms with Crippen molar-refractivity contribution in [2.75, 3.05) is 0 Å². The Hall–Kier alpha value is -1.57. The maximum Gasteiger partial charge on any atom is 0.226 e. The van der Waals surface area contributed by atoms with Crippen LogP contribution < -0.4 is 0 Å². The lowest BCUT2D eigenvalue weighted by Crippen LogP contribution is -1.87. The standard InChI is InChI=1S/C15H17NO/c1-10-4-6-11(7-5-10)14-16-9-13(17-14)12-8-15(12,2)3/h4-7,9,12H,8H2,1-3H3. The van der Waals surface area contributed by atoms with Crippen LogP contribution in [0, 0.1) is 12.3 Å². The molecule has 1 unspecified atom stereocenters. The number of hydrogen-bond acceptors (Lipinski definition) is 2. The molecule has 1 atom stereocenters. The molecule has 17 heavy (non-hydrogen) atoms. The number of benzene rings is 1. The normalized spacial score (nSPS) is 21.5. The fourth-order valence-electron chi connectivity index (χ4n) is 2.23. The predicted octanol–water partition coefficient (Wildman–Crippen LogP) is 4.16. The summed E-state index contributed by atoms with van der Waals surface area (Å²) in [6.45, 7) is 6.62. The summed E-state index contributed by atoms with van der Waals surface area (Å²) in [6, 6.07) is 8.28. The smallest absolute Gasteiger partial charge is 0.226 e. The molecule has 0 spiro atoms. The first kappa shape index (κ1) is 10.6. The fourth-order valence-corrected chi connectivity index (χ4v) is 2.23. The molecule has 0 N–H and O–H groups in total. The molecule has 0 bridgehead atoms. The Labute approximate surface area is 102 Å². The van der Waals surface area contributed by atoms with Crippen molar-refractivity contribution in [3.05, 3.63) is 41.8 Å². The average molecular weight is 227 g/mol. The van der Waals surface area contributed by atoms with E-state index in [1.807, 2.05) is 6.20 Å². The molecule has 1 fully saturated rings. The van der Waals surface area contributed by atoms with Crippen LogP contribution in [0.4, 0.5) is 0 Å². The lowest BCUT2D eigenvalue weighted by Gasteiger charge is -1.99. The zero-order valence-electron chi connectivity index (χ0n) is 10.5. The van der Waals surface area contributed by atoms with Crippen LogP contribution in [0.3, 0.4) is 0 Å². The summed E-state index contributed by atoms with van der Waals surface area (Å²) in [6.07, 6.45) is 3.09. The largest absolute Gasteiger partial charge is 0.441 e. The van der Waals surface area contributed by atoms with E-state index in [4.69, 9.17) is 4.42 Å². The van der Waals surface area contributed by atoms with Gasteiger partial charge in [0.05, 0.1) is 6.20 Å². The third kappa shape index (κ3) is 1.88. The first-order valence-corrected chi connectivity index (χ1v) is 6.09. The number of rotatable bonds is 2. The highest BCUT2D eigenvalue weighted by atomic mass is 16.4. The second-order valence-corrected chi connectivity index (χ2v) is 5.68. The Bertz CT molecular complexity index is 536. The van der Waals surface area contributed by atoms with E-state index >= 15 is 0 Å². The van der Waals surface area contributed by atoms with E-state index in [0.717, 1.165) is 17.2 Å². The third-order valence-corrected chi connectivity index (χ3v) is 3.68. The molecule has 2 nitrogen and oxygen atoms in total. The lowest BCUT2D eigenvalue weighted by molar-refractivity contribution is 0.489. The van der Waals surface area contributed by atoms with Crippen LogP contribution in [0.1, 0.15) is 37.5 Å². The molecule has 3 rings (SSSR count). The van der Waals surface area contributed by atoms with Crippen molar-refractivity contribution in [3.63, 3.8) is 0 Å². The van der Waals surface area contributed by atoms with Crippen LogP contribution in [-0.4, -0.2) is 4.98 Å². The molecule has 1 saturated carbocycles. The second-order valence-electron chi connectivity index (χ2n) is 5.68. The van der Waals surface area contributed by atoms with Crippen molar-refractivity contribution >= 4 is 0 Å². The quantitative estimate of drug-likeness (QED) is 0.769. The second kappa shape index (κ2) is 3.46. The molecule has 1 aromatic heterocycles. The maximum absolute atomic E-state index is 5.86. The van der Waals surface area contributed by atoms with Gasteiger partial charge in [-0.3, -0.25) is 0 Å². The van der Waals surface area contributed by atoms with Crippen molar-refractivity contribution in [1.82, 2.24) is 4.98 Å². The number of aromatic nitrogens is 1. The number of oxazole rings is 1. The van der Waals surface area contributed by atoms with Gasteiger partial charge in [-0.05, 0) is 30.9 Å². The van der Waals surface area contributed by atoms with E-state index in [2.05, 4.69) is 50.0 Å². The zero-order valence-corrected chi connectivity index (χ0v) is 10.5. The summed E-state index contributed by atoms with van der Waals surface area (Å²) in [4.78, 5) is 4.38. The average Bonchev–Trinajstić information content (AvgIpc) is 2.76. The SMILES string of the molecule is Cc1ccc(-c2ncc(C3CC3(C)C)o2)cc1. The molecule has 0 radical (unpaired) electrons. The Morgan fingerprint density at radius 1 is 1.24 bits per heavy atom. The highest BCUT2D eigenvalue weighted by Gasteiger charge is 2.48. The summed E-state index contributed by atoms with van der Waals surface area (Å²) in [5.74, 6) is 2.32. The molecule has 0 saturated heterocycles. The van der Waals surface area contributed by atoms with Gasteiger partial charge in [0, 0.05) is 11.5 Å². The van der Waals surface area contributed by atoms with Gasteiger partial charge >= 0.3 is 0 Å². The fraction of sp³-hybridized carbons (Fsp3) is 0.400. The number of hydrogen-bond donors (Lipinski definition) is 0. The minimum atomic E-state index is 0.393. The molecular weight excluding hydrogens is 210 g/mol. The van der Waals surface area contributed by atoms with Gasteiger partial charge in [-0.15, -0.1) is 0 Å². The maximum atomic E-state index is 5.86. The third-order valence-electron chi connectivity index (χ3n) is 3.68. The highest BCUT2D eigenvalue weighted by molar-refractivity contribution is 5.53. The van der Waals surface area contributed by atoms with E-state index in [-0.39, 0.29) is 0 Å². The van der Waals surface area contributed by atoms with Gasteiger partial charge < -0.3 is 4.42 Å². The van der Waals surface area contributed by atoms with Crippen LogP contribution in [0.5, 0.6) is 0 Å². The minimum Gasteiger partial charge on any atom is -0.441 e. The topological polar surface area (TPSA) is 26.0 Å². The van der Waals surface area contributed by atoms with Crippen molar-refractivity contribution in [2.45, 2.75) is 33.1 Å². The Morgan fingerprint density at radius 2 is 1.88 bits per heavy atom. The van der Waals surface area contributed by atoms with Crippen molar-refractivity contribution < 1.29 is 4.42 Å². The summed E-state index contributed by atoms with van der Waals surface area (Å²) in [7, 11) is 0. The summed E-state index contributed by atoms with van der Waals surface area (Å²) in [5.41, 5.74) is 2.70.